The molecule has 0 saturated carbocycles. The summed E-state index contributed by atoms with van der Waals surface area (Å²) in [6, 6.07) is 1.19. The zero-order valence-corrected chi connectivity index (χ0v) is 8.97. The van der Waals surface area contributed by atoms with Gasteiger partial charge in [-0.3, -0.25) is 0 Å². The molecule has 0 amide bonds. The Morgan fingerprint density at radius 3 is 2.33 bits per heavy atom. The molecule has 0 spiro atoms. The van der Waals surface area contributed by atoms with E-state index in [9.17, 15) is 13.2 Å². The fourth-order valence-corrected chi connectivity index (χ4v) is 1.000. The minimum atomic E-state index is -4.48. The van der Waals surface area contributed by atoms with Crippen LogP contribution in [0.2, 0.25) is 0 Å². The van der Waals surface area contributed by atoms with Gasteiger partial charge in [0.15, 0.2) is 5.92 Å². The summed E-state index contributed by atoms with van der Waals surface area (Å²) in [7, 11) is 0. The van der Waals surface area contributed by atoms with Gasteiger partial charge in [-0.15, -0.1) is 0 Å². The van der Waals surface area contributed by atoms with E-state index in [0.29, 0.717) is 5.92 Å². The third-order valence-corrected chi connectivity index (χ3v) is 1.91. The van der Waals surface area contributed by atoms with E-state index in [-0.39, 0.29) is 6.61 Å². The van der Waals surface area contributed by atoms with Gasteiger partial charge in [0.1, 0.15) is 0 Å². The molecule has 0 aliphatic rings. The fraction of sp³-hybridized carbons (Fsp3) is 0.900. The number of rotatable bonds is 6. The molecular weight excluding hydrogens is 207 g/mol. The summed E-state index contributed by atoms with van der Waals surface area (Å²) >= 11 is 0. The zero-order valence-electron chi connectivity index (χ0n) is 8.97. The SMILES string of the molecule is CC(C)CCCOCC(C#N)C(F)(F)F. The van der Waals surface area contributed by atoms with Crippen LogP contribution in [0.4, 0.5) is 13.2 Å². The monoisotopic (exact) mass is 223 g/mol. The average Bonchev–Trinajstić information content (AvgIpc) is 2.08. The lowest BCUT2D eigenvalue weighted by atomic mass is 10.1. The number of hydrogen-bond donors (Lipinski definition) is 0. The standard InChI is InChI=1S/C10H16F3NO/c1-8(2)4-3-5-15-7-9(6-14)10(11,12)13/h8-9H,3-5,7H2,1-2H3. The lowest BCUT2D eigenvalue weighted by Crippen LogP contribution is -2.26. The number of nitriles is 1. The van der Waals surface area contributed by atoms with Crippen LogP contribution < -0.4 is 0 Å². The Labute approximate surface area is 88.0 Å². The summed E-state index contributed by atoms with van der Waals surface area (Å²) in [4.78, 5) is 0. The van der Waals surface area contributed by atoms with Gasteiger partial charge in [-0.25, -0.2) is 0 Å². The van der Waals surface area contributed by atoms with Gasteiger partial charge in [0, 0.05) is 6.61 Å². The lowest BCUT2D eigenvalue weighted by Gasteiger charge is -2.13. The van der Waals surface area contributed by atoms with Crippen molar-refractivity contribution in [2.75, 3.05) is 13.2 Å². The highest BCUT2D eigenvalue weighted by Gasteiger charge is 2.39. The minimum Gasteiger partial charge on any atom is -0.380 e. The van der Waals surface area contributed by atoms with E-state index in [2.05, 4.69) is 0 Å². The third kappa shape index (κ3) is 7.20. The van der Waals surface area contributed by atoms with E-state index in [1.54, 1.807) is 0 Å². The first-order valence-electron chi connectivity index (χ1n) is 4.92. The number of alkyl halides is 3. The van der Waals surface area contributed by atoms with E-state index in [0.717, 1.165) is 12.8 Å². The summed E-state index contributed by atoms with van der Waals surface area (Å²) in [6.45, 7) is 3.80. The molecular formula is C10H16F3NO. The Kier molecular flexibility index (Phi) is 6.34. The van der Waals surface area contributed by atoms with Crippen molar-refractivity contribution in [2.24, 2.45) is 11.8 Å². The second kappa shape index (κ2) is 6.67. The van der Waals surface area contributed by atoms with E-state index in [1.165, 1.54) is 6.07 Å². The van der Waals surface area contributed by atoms with Crippen LogP contribution in [0.15, 0.2) is 0 Å². The number of halogens is 3. The summed E-state index contributed by atoms with van der Waals surface area (Å²) in [5.41, 5.74) is 0. The van der Waals surface area contributed by atoms with Gasteiger partial charge in [-0.05, 0) is 18.8 Å². The van der Waals surface area contributed by atoms with Gasteiger partial charge in [-0.1, -0.05) is 13.8 Å². The Hall–Kier alpha value is -0.760. The summed E-state index contributed by atoms with van der Waals surface area (Å²) in [6.07, 6.45) is -2.83. The quantitative estimate of drug-likeness (QED) is 0.648. The molecule has 0 aromatic carbocycles. The van der Waals surface area contributed by atoms with Crippen LogP contribution in [0.1, 0.15) is 26.7 Å². The Bertz CT molecular complexity index is 208. The fourth-order valence-electron chi connectivity index (χ4n) is 1.000. The molecule has 0 aliphatic carbocycles. The van der Waals surface area contributed by atoms with Gasteiger partial charge in [0.2, 0.25) is 0 Å². The van der Waals surface area contributed by atoms with E-state index < -0.39 is 18.7 Å². The highest BCUT2D eigenvalue weighted by Crippen LogP contribution is 2.25. The second-order valence-corrected chi connectivity index (χ2v) is 3.83. The first-order chi connectivity index (χ1) is 6.88. The maximum absolute atomic E-state index is 12.1. The predicted molar refractivity (Wildman–Crippen MR) is 50.0 cm³/mol. The predicted octanol–water partition coefficient (Wildman–Crippen LogP) is 3.14. The molecule has 0 bridgehead atoms. The lowest BCUT2D eigenvalue weighted by molar-refractivity contribution is -0.171. The molecule has 1 unspecified atom stereocenters. The molecule has 1 atom stereocenters. The minimum absolute atomic E-state index is 0.284. The van der Waals surface area contributed by atoms with E-state index >= 15 is 0 Å². The van der Waals surface area contributed by atoms with Crippen molar-refractivity contribution in [3.05, 3.63) is 0 Å². The Balaban J connectivity index is 3.62. The van der Waals surface area contributed by atoms with Crippen LogP contribution in [0.5, 0.6) is 0 Å². The molecule has 0 rings (SSSR count). The van der Waals surface area contributed by atoms with E-state index in [1.807, 2.05) is 13.8 Å². The molecule has 2 nitrogen and oxygen atoms in total. The Morgan fingerprint density at radius 2 is 1.93 bits per heavy atom. The van der Waals surface area contributed by atoms with Gasteiger partial charge in [0.25, 0.3) is 0 Å². The zero-order chi connectivity index (χ0) is 11.9. The van der Waals surface area contributed by atoms with Crippen molar-refractivity contribution >= 4 is 0 Å². The smallest absolute Gasteiger partial charge is 0.380 e. The molecule has 5 heteroatoms. The number of hydrogen-bond acceptors (Lipinski definition) is 2. The normalized spacial score (nSPS) is 13.9. The first kappa shape index (κ1) is 14.2. The maximum Gasteiger partial charge on any atom is 0.406 e. The molecule has 0 aromatic heterocycles. The van der Waals surface area contributed by atoms with Crippen molar-refractivity contribution in [2.45, 2.75) is 32.9 Å². The van der Waals surface area contributed by atoms with Crippen molar-refractivity contribution in [1.29, 1.82) is 5.26 Å². The molecule has 0 heterocycles. The van der Waals surface area contributed by atoms with Crippen LogP contribution in [-0.4, -0.2) is 19.4 Å². The van der Waals surface area contributed by atoms with Gasteiger partial charge in [0.05, 0.1) is 12.7 Å². The first-order valence-corrected chi connectivity index (χ1v) is 4.92. The number of ether oxygens (including phenoxy) is 1. The largest absolute Gasteiger partial charge is 0.406 e. The van der Waals surface area contributed by atoms with Gasteiger partial charge >= 0.3 is 6.18 Å². The van der Waals surface area contributed by atoms with Crippen molar-refractivity contribution in [1.82, 2.24) is 0 Å². The van der Waals surface area contributed by atoms with Crippen LogP contribution in [-0.2, 0) is 4.74 Å². The van der Waals surface area contributed by atoms with Crippen molar-refractivity contribution in [3.63, 3.8) is 0 Å². The molecule has 0 N–H and O–H groups in total. The van der Waals surface area contributed by atoms with Crippen molar-refractivity contribution < 1.29 is 17.9 Å². The molecule has 88 valence electrons. The highest BCUT2D eigenvalue weighted by molar-refractivity contribution is 4.88. The molecule has 0 aliphatic heterocycles. The average molecular weight is 223 g/mol. The molecule has 0 radical (unpaired) electrons. The summed E-state index contributed by atoms with van der Waals surface area (Å²) < 4.78 is 41.0. The van der Waals surface area contributed by atoms with Crippen LogP contribution in [0, 0.1) is 23.2 Å². The van der Waals surface area contributed by atoms with E-state index in [4.69, 9.17) is 10.00 Å². The molecule has 15 heavy (non-hydrogen) atoms. The summed E-state index contributed by atoms with van der Waals surface area (Å²) in [5.74, 6) is -1.49. The van der Waals surface area contributed by atoms with Crippen LogP contribution in [0.3, 0.4) is 0 Å². The number of nitrogens with zero attached hydrogens (tertiary/aromatic N) is 1. The topological polar surface area (TPSA) is 33.0 Å². The summed E-state index contributed by atoms with van der Waals surface area (Å²) in [5, 5.41) is 8.26. The van der Waals surface area contributed by atoms with Crippen LogP contribution in [0.25, 0.3) is 0 Å². The molecule has 0 fully saturated rings. The van der Waals surface area contributed by atoms with Crippen molar-refractivity contribution in [3.8, 4) is 6.07 Å². The molecule has 0 saturated heterocycles. The van der Waals surface area contributed by atoms with Crippen LogP contribution >= 0.6 is 0 Å². The van der Waals surface area contributed by atoms with Gasteiger partial charge < -0.3 is 4.74 Å². The maximum atomic E-state index is 12.1. The third-order valence-electron chi connectivity index (χ3n) is 1.91. The second-order valence-electron chi connectivity index (χ2n) is 3.83. The Morgan fingerprint density at radius 1 is 1.33 bits per heavy atom. The van der Waals surface area contributed by atoms with Gasteiger partial charge in [-0.2, -0.15) is 18.4 Å². The highest BCUT2D eigenvalue weighted by atomic mass is 19.4. The molecule has 0 aromatic rings.